The molecular formula is C17H27N3O. The molecule has 4 heteroatoms. The van der Waals surface area contributed by atoms with Gasteiger partial charge in [0, 0.05) is 30.9 Å². The van der Waals surface area contributed by atoms with Crippen molar-refractivity contribution >= 4 is 6.21 Å². The normalized spacial score (nSPS) is 27.1. The molecule has 21 heavy (non-hydrogen) atoms. The number of aliphatic hydroxyl groups is 1. The summed E-state index contributed by atoms with van der Waals surface area (Å²) < 4.78 is 0. The molecule has 0 aromatic carbocycles. The topological polar surface area (TPSA) is 39.1 Å². The van der Waals surface area contributed by atoms with Crippen LogP contribution < -0.4 is 0 Å². The summed E-state index contributed by atoms with van der Waals surface area (Å²) in [5, 5.41) is 8.84. The van der Waals surface area contributed by atoms with E-state index in [2.05, 4.69) is 60.1 Å². The van der Waals surface area contributed by atoms with E-state index < -0.39 is 0 Å². The van der Waals surface area contributed by atoms with Gasteiger partial charge in [-0.1, -0.05) is 18.2 Å². The first-order chi connectivity index (χ1) is 10.1. The molecule has 116 valence electrons. The lowest BCUT2D eigenvalue weighted by Gasteiger charge is -2.40. The second kappa shape index (κ2) is 7.05. The van der Waals surface area contributed by atoms with E-state index in [1.807, 2.05) is 0 Å². The van der Waals surface area contributed by atoms with Crippen molar-refractivity contribution in [1.29, 1.82) is 0 Å². The highest BCUT2D eigenvalue weighted by atomic mass is 16.3. The summed E-state index contributed by atoms with van der Waals surface area (Å²) in [6.07, 6.45) is 12.6. The van der Waals surface area contributed by atoms with Crippen LogP contribution in [0.3, 0.4) is 0 Å². The van der Waals surface area contributed by atoms with Crippen LogP contribution in [0.15, 0.2) is 40.6 Å². The third-order valence-electron chi connectivity index (χ3n) is 4.67. The highest BCUT2D eigenvalue weighted by Gasteiger charge is 2.46. The Balaban J connectivity index is 2.38. The van der Waals surface area contributed by atoms with Crippen LogP contribution in [0.4, 0.5) is 0 Å². The molecule has 0 unspecified atom stereocenters. The number of likely N-dealkylation sites (tertiary alicyclic amines) is 2. The monoisotopic (exact) mass is 289 g/mol. The van der Waals surface area contributed by atoms with Crippen molar-refractivity contribution in [2.75, 3.05) is 40.5 Å². The Morgan fingerprint density at radius 3 is 2.57 bits per heavy atom. The molecule has 0 bridgehead atoms. The maximum atomic E-state index is 8.84. The average molecular weight is 289 g/mol. The van der Waals surface area contributed by atoms with Crippen molar-refractivity contribution in [3.63, 3.8) is 0 Å². The number of allylic oxidation sites excluding steroid dienone is 5. The second-order valence-electron chi connectivity index (χ2n) is 5.98. The molecule has 1 N–H and O–H groups in total. The molecule has 0 radical (unpaired) electrons. The molecule has 0 aliphatic carbocycles. The predicted octanol–water partition coefficient (Wildman–Crippen LogP) is 2.05. The van der Waals surface area contributed by atoms with Crippen LogP contribution in [-0.2, 0) is 0 Å². The Hall–Kier alpha value is -1.39. The average Bonchev–Trinajstić information content (AvgIpc) is 2.73. The van der Waals surface area contributed by atoms with Crippen molar-refractivity contribution in [2.24, 2.45) is 10.4 Å². The maximum Gasteiger partial charge on any atom is 0.134 e. The Labute approximate surface area is 128 Å². The fraction of sp³-hybridized carbons (Fsp3) is 0.588. The molecule has 2 saturated heterocycles. The lowest BCUT2D eigenvalue weighted by molar-refractivity contribution is 0.182. The van der Waals surface area contributed by atoms with Crippen LogP contribution in [0.25, 0.3) is 0 Å². The van der Waals surface area contributed by atoms with Gasteiger partial charge in [-0.15, -0.1) is 0 Å². The fourth-order valence-electron chi connectivity index (χ4n) is 3.48. The zero-order chi connectivity index (χ0) is 15.3. The molecule has 0 atom stereocenters. The van der Waals surface area contributed by atoms with Crippen molar-refractivity contribution in [2.45, 2.75) is 19.8 Å². The van der Waals surface area contributed by atoms with Crippen LogP contribution in [0.2, 0.25) is 0 Å². The number of hydrogen-bond acceptors (Lipinski definition) is 4. The lowest BCUT2D eigenvalue weighted by Crippen LogP contribution is -2.39. The first kappa shape index (κ1) is 16.0. The molecule has 0 amide bonds. The molecule has 2 aliphatic heterocycles. The van der Waals surface area contributed by atoms with Crippen molar-refractivity contribution in [3.8, 4) is 0 Å². The SMILES string of the molecule is C/C=C\C=C1/CN(C)/C(=C\C=N/CO)C12CCN(C)CC2. The minimum absolute atomic E-state index is 0.141. The summed E-state index contributed by atoms with van der Waals surface area (Å²) in [5.41, 5.74) is 2.98. The Bertz CT molecular complexity index is 468. The minimum atomic E-state index is -0.148. The summed E-state index contributed by atoms with van der Waals surface area (Å²) in [6, 6.07) is 0. The molecule has 2 rings (SSSR count). The zero-order valence-corrected chi connectivity index (χ0v) is 13.4. The van der Waals surface area contributed by atoms with E-state index in [0.29, 0.717) is 0 Å². The van der Waals surface area contributed by atoms with E-state index in [1.54, 1.807) is 6.21 Å². The molecule has 0 aromatic rings. The molecule has 4 nitrogen and oxygen atoms in total. The maximum absolute atomic E-state index is 8.84. The number of rotatable bonds is 3. The minimum Gasteiger partial charge on any atom is -0.375 e. The molecule has 2 aliphatic rings. The number of aliphatic hydroxyl groups excluding tert-OH is 1. The molecule has 0 aromatic heterocycles. The number of piperidine rings is 1. The third-order valence-corrected chi connectivity index (χ3v) is 4.67. The van der Waals surface area contributed by atoms with Crippen LogP contribution in [0.1, 0.15) is 19.8 Å². The van der Waals surface area contributed by atoms with Gasteiger partial charge in [0.2, 0.25) is 0 Å². The Morgan fingerprint density at radius 1 is 1.24 bits per heavy atom. The van der Waals surface area contributed by atoms with Gasteiger partial charge in [-0.3, -0.25) is 4.99 Å². The van der Waals surface area contributed by atoms with Gasteiger partial charge in [0.05, 0.1) is 0 Å². The molecule has 0 saturated carbocycles. The van der Waals surface area contributed by atoms with Gasteiger partial charge in [0.15, 0.2) is 0 Å². The highest BCUT2D eigenvalue weighted by molar-refractivity contribution is 5.73. The Kier molecular flexibility index (Phi) is 5.37. The fourth-order valence-corrected chi connectivity index (χ4v) is 3.48. The van der Waals surface area contributed by atoms with E-state index in [1.165, 1.54) is 11.3 Å². The van der Waals surface area contributed by atoms with Gasteiger partial charge in [0.1, 0.15) is 6.73 Å². The van der Waals surface area contributed by atoms with Crippen molar-refractivity contribution < 1.29 is 5.11 Å². The predicted molar refractivity (Wildman–Crippen MR) is 88.4 cm³/mol. The van der Waals surface area contributed by atoms with E-state index in [0.717, 1.165) is 32.5 Å². The van der Waals surface area contributed by atoms with E-state index in [9.17, 15) is 0 Å². The standard InChI is InChI=1S/C17H27N3O/c1-4-5-6-15-13-20(3)16(7-10-18-14-21)17(15)8-11-19(2)12-9-17/h4-7,10,21H,8-9,11-14H2,1-3H3/b5-4-,15-6+,16-7-,18-10-. The Morgan fingerprint density at radius 2 is 1.95 bits per heavy atom. The van der Waals surface area contributed by atoms with Crippen molar-refractivity contribution in [3.05, 3.63) is 35.6 Å². The van der Waals surface area contributed by atoms with Gasteiger partial charge in [0.25, 0.3) is 0 Å². The number of aliphatic imine (C=N–C) groups is 1. The van der Waals surface area contributed by atoms with Crippen LogP contribution >= 0.6 is 0 Å². The first-order valence-corrected chi connectivity index (χ1v) is 7.67. The molecule has 2 heterocycles. The summed E-state index contributed by atoms with van der Waals surface area (Å²) in [6.45, 7) is 5.13. The van der Waals surface area contributed by atoms with Gasteiger partial charge < -0.3 is 14.9 Å². The third kappa shape index (κ3) is 3.27. The van der Waals surface area contributed by atoms with Crippen LogP contribution in [0, 0.1) is 5.41 Å². The van der Waals surface area contributed by atoms with Crippen LogP contribution in [0.5, 0.6) is 0 Å². The number of nitrogens with zero attached hydrogens (tertiary/aromatic N) is 3. The van der Waals surface area contributed by atoms with Gasteiger partial charge in [-0.25, -0.2) is 0 Å². The summed E-state index contributed by atoms with van der Waals surface area (Å²) in [4.78, 5) is 8.66. The van der Waals surface area contributed by atoms with E-state index >= 15 is 0 Å². The van der Waals surface area contributed by atoms with Crippen LogP contribution in [-0.4, -0.2) is 61.6 Å². The first-order valence-electron chi connectivity index (χ1n) is 7.67. The van der Waals surface area contributed by atoms with Gasteiger partial charge >= 0.3 is 0 Å². The van der Waals surface area contributed by atoms with Gasteiger partial charge in [-0.2, -0.15) is 0 Å². The summed E-state index contributed by atoms with van der Waals surface area (Å²) in [5.74, 6) is 0. The van der Waals surface area contributed by atoms with E-state index in [-0.39, 0.29) is 12.1 Å². The number of likely N-dealkylation sites (N-methyl/N-ethyl adjacent to an activating group) is 1. The smallest absolute Gasteiger partial charge is 0.134 e. The highest BCUT2D eigenvalue weighted by Crippen LogP contribution is 2.50. The second-order valence-corrected chi connectivity index (χ2v) is 5.98. The number of hydrogen-bond donors (Lipinski definition) is 1. The lowest BCUT2D eigenvalue weighted by atomic mass is 9.72. The van der Waals surface area contributed by atoms with E-state index in [4.69, 9.17) is 5.11 Å². The molecular weight excluding hydrogens is 262 g/mol. The van der Waals surface area contributed by atoms with Crippen molar-refractivity contribution in [1.82, 2.24) is 9.80 Å². The summed E-state index contributed by atoms with van der Waals surface area (Å²) in [7, 11) is 4.34. The zero-order valence-electron chi connectivity index (χ0n) is 13.4. The summed E-state index contributed by atoms with van der Waals surface area (Å²) >= 11 is 0. The largest absolute Gasteiger partial charge is 0.375 e. The quantitative estimate of drug-likeness (QED) is 0.808. The molecule has 2 fully saturated rings. The molecule has 1 spiro atoms. The van der Waals surface area contributed by atoms with Gasteiger partial charge in [-0.05, 0) is 51.6 Å².